The van der Waals surface area contributed by atoms with E-state index < -0.39 is 0 Å². The number of carbonyl (C=O) groups excluding carboxylic acids is 1. The van der Waals surface area contributed by atoms with Crippen LogP contribution in [-0.4, -0.2) is 77.3 Å². The number of morpholine rings is 1. The molecule has 1 amide bonds. The average molecular weight is 377 g/mol. The summed E-state index contributed by atoms with van der Waals surface area (Å²) >= 11 is 0. The maximum Gasteiger partial charge on any atom is 0.222 e. The normalized spacial score (nSPS) is 22.4. The lowest BCUT2D eigenvalue weighted by molar-refractivity contribution is -0.129. The van der Waals surface area contributed by atoms with Crippen molar-refractivity contribution in [3.63, 3.8) is 0 Å². The molecule has 27 heavy (non-hydrogen) atoms. The van der Waals surface area contributed by atoms with Gasteiger partial charge in [-0.15, -0.1) is 0 Å². The Bertz CT molecular complexity index is 658. The molecule has 3 heterocycles. The molecule has 2 aliphatic heterocycles. The molecule has 2 aliphatic rings. The molecule has 0 aliphatic carbocycles. The van der Waals surface area contributed by atoms with Crippen LogP contribution in [0.5, 0.6) is 0 Å². The van der Waals surface area contributed by atoms with E-state index in [0.717, 1.165) is 57.0 Å². The van der Waals surface area contributed by atoms with Crippen LogP contribution in [0.15, 0.2) is 17.4 Å². The third-order valence-electron chi connectivity index (χ3n) is 5.46. The van der Waals surface area contributed by atoms with E-state index in [1.165, 1.54) is 0 Å². The van der Waals surface area contributed by atoms with E-state index in [-0.39, 0.29) is 6.10 Å². The number of ether oxygens (including phenoxy) is 1. The number of rotatable bonds is 6. The molecule has 3 rings (SSSR count). The Morgan fingerprint density at radius 1 is 1.48 bits per heavy atom. The van der Waals surface area contributed by atoms with Gasteiger partial charge in [-0.3, -0.25) is 14.5 Å². The second-order valence-electron chi connectivity index (χ2n) is 7.27. The zero-order valence-corrected chi connectivity index (χ0v) is 16.7. The second-order valence-corrected chi connectivity index (χ2v) is 7.27. The van der Waals surface area contributed by atoms with Crippen molar-refractivity contribution in [1.82, 2.24) is 24.9 Å². The molecule has 0 saturated carbocycles. The highest BCUT2D eigenvalue weighted by atomic mass is 16.5. The molecule has 8 heteroatoms. The number of guanidine groups is 1. The molecule has 1 N–H and O–H groups in total. The van der Waals surface area contributed by atoms with Crippen LogP contribution in [0.4, 0.5) is 0 Å². The Morgan fingerprint density at radius 3 is 2.96 bits per heavy atom. The highest BCUT2D eigenvalue weighted by Gasteiger charge is 2.27. The monoisotopic (exact) mass is 376 g/mol. The minimum absolute atomic E-state index is 0.0108. The average Bonchev–Trinajstić information content (AvgIpc) is 3.31. The molecule has 150 valence electrons. The van der Waals surface area contributed by atoms with Crippen molar-refractivity contribution >= 4 is 11.9 Å². The van der Waals surface area contributed by atoms with Crippen molar-refractivity contribution < 1.29 is 9.53 Å². The topological polar surface area (TPSA) is 75.0 Å². The predicted molar refractivity (Wildman–Crippen MR) is 104 cm³/mol. The number of aryl methyl sites for hydroxylation is 1. The van der Waals surface area contributed by atoms with Crippen LogP contribution in [0.2, 0.25) is 0 Å². The number of amides is 1. The summed E-state index contributed by atoms with van der Waals surface area (Å²) in [4.78, 5) is 20.7. The lowest BCUT2D eigenvalue weighted by Gasteiger charge is -2.35. The quantitative estimate of drug-likeness (QED) is 0.596. The van der Waals surface area contributed by atoms with Gasteiger partial charge in [-0.05, 0) is 19.3 Å². The van der Waals surface area contributed by atoms with E-state index in [9.17, 15) is 4.79 Å². The molecule has 2 fully saturated rings. The fourth-order valence-electron chi connectivity index (χ4n) is 3.97. The lowest BCUT2D eigenvalue weighted by Crippen LogP contribution is -2.49. The Morgan fingerprint density at radius 2 is 2.33 bits per heavy atom. The lowest BCUT2D eigenvalue weighted by atomic mass is 10.1. The van der Waals surface area contributed by atoms with Gasteiger partial charge in [0.1, 0.15) is 6.10 Å². The van der Waals surface area contributed by atoms with Crippen molar-refractivity contribution in [2.45, 2.75) is 44.8 Å². The molecule has 0 bridgehead atoms. The van der Waals surface area contributed by atoms with Crippen LogP contribution in [0, 0.1) is 0 Å². The third kappa shape index (κ3) is 4.80. The van der Waals surface area contributed by atoms with Crippen LogP contribution >= 0.6 is 0 Å². The molecule has 0 spiro atoms. The number of carbonyl (C=O) groups is 1. The number of likely N-dealkylation sites (tertiary alicyclic amines) is 1. The van der Waals surface area contributed by atoms with Gasteiger partial charge in [-0.25, -0.2) is 0 Å². The maximum atomic E-state index is 12.0. The van der Waals surface area contributed by atoms with Crippen LogP contribution in [0.1, 0.15) is 44.3 Å². The Hall–Kier alpha value is -2.09. The summed E-state index contributed by atoms with van der Waals surface area (Å²) in [6, 6.07) is 0.318. The van der Waals surface area contributed by atoms with E-state index in [4.69, 9.17) is 4.74 Å². The Labute approximate surface area is 161 Å². The Kier molecular flexibility index (Phi) is 6.71. The first-order valence-electron chi connectivity index (χ1n) is 9.97. The molecular formula is C19H32N6O2. The van der Waals surface area contributed by atoms with Crippen molar-refractivity contribution in [3.05, 3.63) is 18.0 Å². The zero-order valence-electron chi connectivity index (χ0n) is 16.7. The van der Waals surface area contributed by atoms with Crippen molar-refractivity contribution in [1.29, 1.82) is 0 Å². The molecule has 2 unspecified atom stereocenters. The van der Waals surface area contributed by atoms with Crippen LogP contribution in [0.25, 0.3) is 0 Å². The van der Waals surface area contributed by atoms with Crippen LogP contribution in [0.3, 0.4) is 0 Å². The van der Waals surface area contributed by atoms with Gasteiger partial charge in [0.05, 0.1) is 19.3 Å². The van der Waals surface area contributed by atoms with Crippen LogP contribution in [-0.2, 0) is 16.6 Å². The molecule has 0 radical (unpaired) electrons. The summed E-state index contributed by atoms with van der Waals surface area (Å²) in [6.07, 6.45) is 7.51. The summed E-state index contributed by atoms with van der Waals surface area (Å²) < 4.78 is 7.72. The molecule has 1 aromatic rings. The minimum Gasteiger partial charge on any atom is -0.370 e. The SMILES string of the molecule is CCC(CCNC(=NC)N1CCOC(c2cnn(C)c2)C1)N1CCCC1=O. The maximum absolute atomic E-state index is 12.0. The van der Waals surface area contributed by atoms with Gasteiger partial charge >= 0.3 is 0 Å². The van der Waals surface area contributed by atoms with Crippen molar-refractivity contribution in [2.75, 3.05) is 39.8 Å². The van der Waals surface area contributed by atoms with Crippen molar-refractivity contribution in [2.24, 2.45) is 12.0 Å². The first kappa shape index (κ1) is 19.7. The van der Waals surface area contributed by atoms with Gasteiger partial charge in [0, 0.05) is 58.0 Å². The van der Waals surface area contributed by atoms with E-state index in [1.54, 1.807) is 4.68 Å². The van der Waals surface area contributed by atoms with Crippen LogP contribution < -0.4 is 5.32 Å². The number of hydrogen-bond donors (Lipinski definition) is 1. The van der Waals surface area contributed by atoms with Crippen molar-refractivity contribution in [3.8, 4) is 0 Å². The number of nitrogens with one attached hydrogen (secondary N) is 1. The molecule has 1 aromatic heterocycles. The molecule has 8 nitrogen and oxygen atoms in total. The summed E-state index contributed by atoms with van der Waals surface area (Å²) in [5.74, 6) is 1.20. The van der Waals surface area contributed by atoms with Gasteiger partial charge in [0.2, 0.25) is 5.91 Å². The van der Waals surface area contributed by atoms with Gasteiger partial charge in [0.15, 0.2) is 5.96 Å². The summed E-state index contributed by atoms with van der Waals surface area (Å²) in [5, 5.41) is 7.73. The second kappa shape index (κ2) is 9.21. The molecule has 2 saturated heterocycles. The smallest absolute Gasteiger partial charge is 0.222 e. The molecule has 0 aromatic carbocycles. The minimum atomic E-state index is 0.0108. The molecular weight excluding hydrogens is 344 g/mol. The molecule has 2 atom stereocenters. The summed E-state index contributed by atoms with van der Waals surface area (Å²) in [5.41, 5.74) is 1.09. The number of nitrogens with zero attached hydrogens (tertiary/aromatic N) is 5. The zero-order chi connectivity index (χ0) is 19.2. The van der Waals surface area contributed by atoms with E-state index in [0.29, 0.717) is 25.0 Å². The third-order valence-corrected chi connectivity index (χ3v) is 5.46. The largest absolute Gasteiger partial charge is 0.370 e. The van der Waals surface area contributed by atoms with E-state index in [2.05, 4.69) is 32.1 Å². The van der Waals surface area contributed by atoms with Gasteiger partial charge in [-0.1, -0.05) is 6.92 Å². The number of hydrogen-bond acceptors (Lipinski definition) is 4. The standard InChI is InChI=1S/C19H32N6O2/c1-4-16(25-9-5-6-18(25)26)7-8-21-19(20-2)24-10-11-27-17(14-24)15-12-22-23(3)13-15/h12-13,16-17H,4-11,14H2,1-3H3,(H,20,21). The predicted octanol–water partition coefficient (Wildman–Crippen LogP) is 1.16. The van der Waals surface area contributed by atoms with Gasteiger partial charge in [-0.2, -0.15) is 5.10 Å². The summed E-state index contributed by atoms with van der Waals surface area (Å²) in [6.45, 7) is 6.11. The van der Waals surface area contributed by atoms with Gasteiger partial charge in [0.25, 0.3) is 0 Å². The fraction of sp³-hybridized carbons (Fsp3) is 0.737. The van der Waals surface area contributed by atoms with Gasteiger partial charge < -0.3 is 19.9 Å². The Balaban J connectivity index is 1.51. The highest BCUT2D eigenvalue weighted by molar-refractivity contribution is 5.80. The summed E-state index contributed by atoms with van der Waals surface area (Å²) in [7, 11) is 3.73. The number of aromatic nitrogens is 2. The first-order valence-corrected chi connectivity index (χ1v) is 9.97. The first-order chi connectivity index (χ1) is 13.1. The highest BCUT2D eigenvalue weighted by Crippen LogP contribution is 2.22. The fourth-order valence-corrected chi connectivity index (χ4v) is 3.97. The van der Waals surface area contributed by atoms with E-state index in [1.807, 2.05) is 26.5 Å². The van der Waals surface area contributed by atoms with E-state index >= 15 is 0 Å². The number of aliphatic imine (C=N–C) groups is 1.